The molecule has 2 rings (SSSR count). The Bertz CT molecular complexity index is 781. The standard InChI is InChI=1S/C21H36N4O4S.HI/c1-5-22-21(23-17-19-8-7-9-20(16-19)28-6-2)24-10-12-25(13-11-24)30(26,27)15-14-29-18(3)4;/h7-9,16,18H,5-6,10-15,17H2,1-4H3,(H,22,23);1H. The van der Waals surface area contributed by atoms with Gasteiger partial charge in [0.1, 0.15) is 5.75 Å². The first-order valence-corrected chi connectivity index (χ1v) is 12.3. The molecule has 0 spiro atoms. The predicted octanol–water partition coefficient (Wildman–Crippen LogP) is 2.54. The Morgan fingerprint density at radius 1 is 1.19 bits per heavy atom. The van der Waals surface area contributed by atoms with Crippen molar-refractivity contribution in [2.75, 3.05) is 51.7 Å². The van der Waals surface area contributed by atoms with E-state index in [1.165, 1.54) is 0 Å². The Balaban J connectivity index is 0.00000480. The van der Waals surface area contributed by atoms with Crippen molar-refractivity contribution in [1.29, 1.82) is 0 Å². The molecule has 0 unspecified atom stereocenters. The van der Waals surface area contributed by atoms with E-state index in [4.69, 9.17) is 14.5 Å². The summed E-state index contributed by atoms with van der Waals surface area (Å²) < 4.78 is 37.6. The summed E-state index contributed by atoms with van der Waals surface area (Å²) in [7, 11) is -3.30. The van der Waals surface area contributed by atoms with Crippen LogP contribution in [0.15, 0.2) is 29.3 Å². The molecule has 0 radical (unpaired) electrons. The molecule has 1 saturated heterocycles. The number of sulfonamides is 1. The molecule has 0 aromatic heterocycles. The Labute approximate surface area is 204 Å². The summed E-state index contributed by atoms with van der Waals surface area (Å²) >= 11 is 0. The van der Waals surface area contributed by atoms with Gasteiger partial charge in [-0.3, -0.25) is 0 Å². The van der Waals surface area contributed by atoms with Crippen molar-refractivity contribution in [3.05, 3.63) is 29.8 Å². The molecule has 31 heavy (non-hydrogen) atoms. The number of nitrogens with zero attached hydrogens (tertiary/aromatic N) is 3. The van der Waals surface area contributed by atoms with E-state index in [0.717, 1.165) is 23.8 Å². The third-order valence-corrected chi connectivity index (χ3v) is 6.51. The zero-order chi connectivity index (χ0) is 22.0. The Morgan fingerprint density at radius 2 is 1.90 bits per heavy atom. The highest BCUT2D eigenvalue weighted by atomic mass is 127. The fraction of sp³-hybridized carbons (Fsp3) is 0.667. The summed E-state index contributed by atoms with van der Waals surface area (Å²) in [4.78, 5) is 6.87. The van der Waals surface area contributed by atoms with Crippen molar-refractivity contribution in [2.24, 2.45) is 4.99 Å². The van der Waals surface area contributed by atoms with Crippen LogP contribution < -0.4 is 10.1 Å². The van der Waals surface area contributed by atoms with E-state index in [-0.39, 0.29) is 42.4 Å². The Hall–Kier alpha value is -1.11. The van der Waals surface area contributed by atoms with E-state index >= 15 is 0 Å². The van der Waals surface area contributed by atoms with Gasteiger partial charge in [0.2, 0.25) is 10.0 Å². The van der Waals surface area contributed by atoms with Crippen LogP contribution in [-0.4, -0.2) is 81.4 Å². The number of halogens is 1. The second-order valence-corrected chi connectivity index (χ2v) is 9.46. The molecule has 1 aliphatic heterocycles. The van der Waals surface area contributed by atoms with Crippen LogP contribution in [-0.2, 0) is 21.3 Å². The highest BCUT2D eigenvalue weighted by molar-refractivity contribution is 14.0. The number of ether oxygens (including phenoxy) is 2. The minimum Gasteiger partial charge on any atom is -0.494 e. The van der Waals surface area contributed by atoms with Gasteiger partial charge >= 0.3 is 0 Å². The molecule has 1 aliphatic rings. The van der Waals surface area contributed by atoms with Crippen LogP contribution in [0.2, 0.25) is 0 Å². The van der Waals surface area contributed by atoms with Gasteiger partial charge in [0.25, 0.3) is 0 Å². The van der Waals surface area contributed by atoms with E-state index in [9.17, 15) is 8.42 Å². The number of rotatable bonds is 10. The normalized spacial score (nSPS) is 15.6. The zero-order valence-corrected chi connectivity index (χ0v) is 22.2. The molecule has 10 heteroatoms. The fourth-order valence-electron chi connectivity index (χ4n) is 3.19. The van der Waals surface area contributed by atoms with Crippen molar-refractivity contribution in [3.63, 3.8) is 0 Å². The van der Waals surface area contributed by atoms with Crippen molar-refractivity contribution >= 4 is 40.0 Å². The second-order valence-electron chi connectivity index (χ2n) is 7.37. The molecular weight excluding hydrogens is 531 g/mol. The lowest BCUT2D eigenvalue weighted by molar-refractivity contribution is 0.0904. The average molecular weight is 569 g/mol. The molecule has 1 heterocycles. The summed E-state index contributed by atoms with van der Waals surface area (Å²) in [6, 6.07) is 7.93. The smallest absolute Gasteiger partial charge is 0.216 e. The number of nitrogens with one attached hydrogen (secondary N) is 1. The van der Waals surface area contributed by atoms with Gasteiger partial charge in [-0.25, -0.2) is 13.4 Å². The first kappa shape index (κ1) is 27.9. The highest BCUT2D eigenvalue weighted by Gasteiger charge is 2.28. The van der Waals surface area contributed by atoms with Crippen LogP contribution in [0.25, 0.3) is 0 Å². The molecule has 0 saturated carbocycles. The largest absolute Gasteiger partial charge is 0.494 e. The first-order chi connectivity index (χ1) is 14.4. The maximum absolute atomic E-state index is 12.5. The summed E-state index contributed by atoms with van der Waals surface area (Å²) in [6.45, 7) is 12.1. The molecule has 1 aromatic carbocycles. The molecule has 0 bridgehead atoms. The zero-order valence-electron chi connectivity index (χ0n) is 19.0. The maximum Gasteiger partial charge on any atom is 0.216 e. The minimum atomic E-state index is -3.30. The number of piperazine rings is 1. The van der Waals surface area contributed by atoms with Crippen LogP contribution in [0.3, 0.4) is 0 Å². The van der Waals surface area contributed by atoms with Crippen LogP contribution in [0, 0.1) is 0 Å². The number of hydrogen-bond acceptors (Lipinski definition) is 5. The van der Waals surface area contributed by atoms with Crippen LogP contribution in [0.1, 0.15) is 33.3 Å². The number of benzene rings is 1. The van der Waals surface area contributed by atoms with Gasteiger partial charge in [-0.2, -0.15) is 4.31 Å². The van der Waals surface area contributed by atoms with Crippen molar-refractivity contribution in [3.8, 4) is 5.75 Å². The summed E-state index contributed by atoms with van der Waals surface area (Å²) in [5.74, 6) is 1.67. The van der Waals surface area contributed by atoms with Gasteiger partial charge in [0, 0.05) is 32.7 Å². The summed E-state index contributed by atoms with van der Waals surface area (Å²) in [5, 5.41) is 3.32. The lowest BCUT2D eigenvalue weighted by Crippen LogP contribution is -2.54. The lowest BCUT2D eigenvalue weighted by atomic mass is 10.2. The predicted molar refractivity (Wildman–Crippen MR) is 136 cm³/mol. The topological polar surface area (TPSA) is 83.5 Å². The number of guanidine groups is 1. The molecule has 0 atom stereocenters. The Morgan fingerprint density at radius 3 is 2.52 bits per heavy atom. The van der Waals surface area contributed by atoms with Crippen LogP contribution >= 0.6 is 24.0 Å². The monoisotopic (exact) mass is 568 g/mol. The third-order valence-electron chi connectivity index (χ3n) is 4.68. The molecule has 8 nitrogen and oxygen atoms in total. The van der Waals surface area contributed by atoms with Gasteiger partial charge in [0.05, 0.1) is 31.6 Å². The molecule has 1 N–H and O–H groups in total. The van der Waals surface area contributed by atoms with E-state index in [2.05, 4.69) is 10.2 Å². The van der Waals surface area contributed by atoms with Gasteiger partial charge in [-0.05, 0) is 45.4 Å². The van der Waals surface area contributed by atoms with Crippen molar-refractivity contribution in [1.82, 2.24) is 14.5 Å². The minimum absolute atomic E-state index is 0. The van der Waals surface area contributed by atoms with Crippen LogP contribution in [0.5, 0.6) is 5.75 Å². The molecule has 1 aromatic rings. The van der Waals surface area contributed by atoms with E-state index < -0.39 is 10.0 Å². The SMILES string of the molecule is CCNC(=NCc1cccc(OCC)c1)N1CCN(S(=O)(=O)CCOC(C)C)CC1.I. The first-order valence-electron chi connectivity index (χ1n) is 10.7. The maximum atomic E-state index is 12.5. The molecule has 0 amide bonds. The molecule has 178 valence electrons. The second kappa shape index (κ2) is 14.1. The van der Waals surface area contributed by atoms with Gasteiger partial charge < -0.3 is 19.7 Å². The summed E-state index contributed by atoms with van der Waals surface area (Å²) in [5.41, 5.74) is 1.07. The van der Waals surface area contributed by atoms with E-state index in [0.29, 0.717) is 39.3 Å². The van der Waals surface area contributed by atoms with E-state index in [1.807, 2.05) is 52.0 Å². The van der Waals surface area contributed by atoms with Gasteiger partial charge in [-0.15, -0.1) is 24.0 Å². The molecule has 1 fully saturated rings. The van der Waals surface area contributed by atoms with Crippen LogP contribution in [0.4, 0.5) is 0 Å². The summed E-state index contributed by atoms with van der Waals surface area (Å²) in [6.07, 6.45) is 0.0326. The van der Waals surface area contributed by atoms with Gasteiger partial charge in [-0.1, -0.05) is 12.1 Å². The average Bonchev–Trinajstić information content (AvgIpc) is 2.71. The van der Waals surface area contributed by atoms with Gasteiger partial charge in [0.15, 0.2) is 5.96 Å². The van der Waals surface area contributed by atoms with Crippen molar-refractivity contribution < 1.29 is 17.9 Å². The third kappa shape index (κ3) is 9.50. The molecular formula is C21H37IN4O4S. The Kier molecular flexibility index (Phi) is 12.7. The number of aliphatic imine (C=N–C) groups is 1. The van der Waals surface area contributed by atoms with Crippen molar-refractivity contribution in [2.45, 2.75) is 40.3 Å². The van der Waals surface area contributed by atoms with E-state index in [1.54, 1.807) is 4.31 Å². The highest BCUT2D eigenvalue weighted by Crippen LogP contribution is 2.15. The molecule has 0 aliphatic carbocycles. The lowest BCUT2D eigenvalue weighted by Gasteiger charge is -2.36. The number of hydrogen-bond donors (Lipinski definition) is 1. The fourth-order valence-corrected chi connectivity index (χ4v) is 4.47. The quantitative estimate of drug-likeness (QED) is 0.266.